The normalized spacial score (nSPS) is 18.0. The maximum Gasteiger partial charge on any atom is 0.411 e. The van der Waals surface area contributed by atoms with Crippen LogP contribution >= 0.6 is 11.6 Å². The third-order valence-corrected chi connectivity index (χ3v) is 3.54. The van der Waals surface area contributed by atoms with Gasteiger partial charge in [-0.25, -0.2) is 4.79 Å². The van der Waals surface area contributed by atoms with Gasteiger partial charge in [-0.05, 0) is 33.6 Å². The van der Waals surface area contributed by atoms with Crippen molar-refractivity contribution in [3.05, 3.63) is 0 Å². The predicted molar refractivity (Wildman–Crippen MR) is 87.1 cm³/mol. The first-order valence-corrected chi connectivity index (χ1v) is 8.35. The Morgan fingerprint density at radius 3 is 2.43 bits per heavy atom. The molecule has 0 bridgehead atoms. The van der Waals surface area contributed by atoms with E-state index in [4.69, 9.17) is 16.3 Å². The second-order valence-electron chi connectivity index (χ2n) is 6.47. The van der Waals surface area contributed by atoms with E-state index in [-0.39, 0.29) is 30.9 Å². The van der Waals surface area contributed by atoms with E-state index in [1.54, 1.807) is 25.7 Å². The number of halogens is 1. The molecule has 0 aromatic carbocycles. The van der Waals surface area contributed by atoms with Gasteiger partial charge in [-0.2, -0.15) is 0 Å². The zero-order valence-corrected chi connectivity index (χ0v) is 14.8. The molecule has 0 aromatic heterocycles. The molecule has 1 heterocycles. The maximum absolute atomic E-state index is 12.2. The minimum absolute atomic E-state index is 0.0661. The fourth-order valence-corrected chi connectivity index (χ4v) is 2.28. The van der Waals surface area contributed by atoms with Gasteiger partial charge in [-0.3, -0.25) is 14.5 Å². The molecule has 3 amide bonds. The monoisotopic (exact) mass is 347 g/mol. The van der Waals surface area contributed by atoms with Crippen LogP contribution in [0.5, 0.6) is 0 Å². The second-order valence-corrected chi connectivity index (χ2v) is 6.74. The molecule has 0 atom stereocenters. The van der Waals surface area contributed by atoms with E-state index in [2.05, 4.69) is 5.32 Å². The summed E-state index contributed by atoms with van der Waals surface area (Å²) in [6, 6.07) is 0. The van der Waals surface area contributed by atoms with Crippen molar-refractivity contribution in [2.45, 2.75) is 45.6 Å². The Morgan fingerprint density at radius 1 is 1.17 bits per heavy atom. The zero-order valence-electron chi connectivity index (χ0n) is 14.1. The molecule has 0 radical (unpaired) electrons. The van der Waals surface area contributed by atoms with Crippen molar-refractivity contribution in [3.63, 3.8) is 0 Å². The Hall–Kier alpha value is -1.50. The highest BCUT2D eigenvalue weighted by atomic mass is 35.5. The fraction of sp³-hybridized carbons (Fsp3) is 0.800. The van der Waals surface area contributed by atoms with Crippen LogP contribution in [-0.2, 0) is 14.3 Å². The minimum atomic E-state index is -0.626. The number of hydrogen-bond donors (Lipinski definition) is 1. The quantitative estimate of drug-likeness (QED) is 0.730. The maximum atomic E-state index is 12.2. The van der Waals surface area contributed by atoms with E-state index in [1.165, 1.54) is 4.90 Å². The van der Waals surface area contributed by atoms with Gasteiger partial charge in [-0.15, -0.1) is 11.6 Å². The summed E-state index contributed by atoms with van der Waals surface area (Å²) in [5.74, 6) is -0.381. The van der Waals surface area contributed by atoms with Crippen molar-refractivity contribution >= 4 is 29.5 Å². The van der Waals surface area contributed by atoms with Crippen LogP contribution in [0.15, 0.2) is 0 Å². The molecule has 23 heavy (non-hydrogen) atoms. The SMILES string of the molecule is CC(C)(C)OC(=O)N1CCN(C(=O)CCl)CCCCC(=O)NC1. The van der Waals surface area contributed by atoms with Crippen molar-refractivity contribution in [2.24, 2.45) is 0 Å². The molecule has 7 nitrogen and oxygen atoms in total. The van der Waals surface area contributed by atoms with Gasteiger partial charge in [0.05, 0.1) is 6.67 Å². The highest BCUT2D eigenvalue weighted by Gasteiger charge is 2.24. The van der Waals surface area contributed by atoms with Gasteiger partial charge in [-0.1, -0.05) is 0 Å². The van der Waals surface area contributed by atoms with Crippen LogP contribution in [0.3, 0.4) is 0 Å². The number of hydrogen-bond acceptors (Lipinski definition) is 4. The van der Waals surface area contributed by atoms with Crippen LogP contribution in [0.1, 0.15) is 40.0 Å². The van der Waals surface area contributed by atoms with Crippen LogP contribution in [-0.4, -0.2) is 65.5 Å². The molecule has 0 spiro atoms. The first-order chi connectivity index (χ1) is 10.7. The van der Waals surface area contributed by atoms with Crippen molar-refractivity contribution in [2.75, 3.05) is 32.2 Å². The van der Waals surface area contributed by atoms with Crippen molar-refractivity contribution in [1.29, 1.82) is 0 Å². The molecule has 0 aliphatic carbocycles. The average molecular weight is 348 g/mol. The molecule has 1 aliphatic rings. The Bertz CT molecular complexity index is 437. The highest BCUT2D eigenvalue weighted by Crippen LogP contribution is 2.10. The smallest absolute Gasteiger partial charge is 0.411 e. The van der Waals surface area contributed by atoms with Gasteiger partial charge < -0.3 is 15.0 Å². The number of rotatable bonds is 1. The van der Waals surface area contributed by atoms with Crippen LogP contribution < -0.4 is 5.32 Å². The number of alkyl halides is 1. The van der Waals surface area contributed by atoms with Crippen LogP contribution in [0.25, 0.3) is 0 Å². The molecule has 1 fully saturated rings. The third-order valence-electron chi connectivity index (χ3n) is 3.31. The summed E-state index contributed by atoms with van der Waals surface area (Å²) in [5, 5.41) is 2.71. The lowest BCUT2D eigenvalue weighted by molar-refractivity contribution is -0.128. The lowest BCUT2D eigenvalue weighted by Gasteiger charge is -2.29. The first kappa shape index (κ1) is 19.5. The molecule has 0 aromatic rings. The van der Waals surface area contributed by atoms with Gasteiger partial charge in [0.1, 0.15) is 11.5 Å². The van der Waals surface area contributed by atoms with E-state index in [0.29, 0.717) is 25.9 Å². The summed E-state index contributed by atoms with van der Waals surface area (Å²) in [6.45, 7) is 6.56. The third kappa shape index (κ3) is 7.54. The topological polar surface area (TPSA) is 79.0 Å². The Balaban J connectivity index is 2.78. The second kappa shape index (κ2) is 8.96. The van der Waals surface area contributed by atoms with Crippen molar-refractivity contribution < 1.29 is 19.1 Å². The minimum Gasteiger partial charge on any atom is -0.444 e. The number of amides is 3. The van der Waals surface area contributed by atoms with Crippen molar-refractivity contribution in [3.8, 4) is 0 Å². The summed E-state index contributed by atoms with van der Waals surface area (Å²) < 4.78 is 5.34. The van der Waals surface area contributed by atoms with Gasteiger partial charge in [0.25, 0.3) is 0 Å². The first-order valence-electron chi connectivity index (χ1n) is 7.81. The van der Waals surface area contributed by atoms with Gasteiger partial charge in [0.2, 0.25) is 11.8 Å². The summed E-state index contributed by atoms with van der Waals surface area (Å²) in [5.41, 5.74) is -0.626. The molecule has 1 aliphatic heterocycles. The van der Waals surface area contributed by atoms with Crippen molar-refractivity contribution in [1.82, 2.24) is 15.1 Å². The van der Waals surface area contributed by atoms with E-state index in [0.717, 1.165) is 6.42 Å². The molecule has 1 saturated heterocycles. The molecule has 0 unspecified atom stereocenters. The number of carbonyl (C=O) groups excluding carboxylic acids is 3. The van der Waals surface area contributed by atoms with E-state index >= 15 is 0 Å². The predicted octanol–water partition coefficient (Wildman–Crippen LogP) is 1.55. The zero-order chi connectivity index (χ0) is 17.5. The summed E-state index contributed by atoms with van der Waals surface area (Å²) >= 11 is 5.63. The Labute approximate surface area is 142 Å². The average Bonchev–Trinajstić information content (AvgIpc) is 2.49. The highest BCUT2D eigenvalue weighted by molar-refractivity contribution is 6.27. The fourth-order valence-electron chi connectivity index (χ4n) is 2.11. The molecule has 1 N–H and O–H groups in total. The van der Waals surface area contributed by atoms with Gasteiger partial charge in [0.15, 0.2) is 0 Å². The lowest BCUT2D eigenvalue weighted by Crippen LogP contribution is -2.47. The largest absolute Gasteiger partial charge is 0.444 e. The van der Waals surface area contributed by atoms with Gasteiger partial charge in [0, 0.05) is 26.1 Å². The molecular formula is C15H26ClN3O4. The molecule has 0 saturated carbocycles. The Morgan fingerprint density at radius 2 is 1.83 bits per heavy atom. The summed E-state index contributed by atoms with van der Waals surface area (Å²) in [4.78, 5) is 38.9. The van der Waals surface area contributed by atoms with E-state index < -0.39 is 11.7 Å². The molecule has 132 valence electrons. The van der Waals surface area contributed by atoms with E-state index in [1.807, 2.05) is 0 Å². The lowest BCUT2D eigenvalue weighted by atomic mass is 10.2. The number of nitrogens with zero attached hydrogens (tertiary/aromatic N) is 2. The standard InChI is InChI=1S/C15H26ClN3O4/c1-15(2,3)23-14(22)19-9-8-18(13(21)10-16)7-5-4-6-12(20)17-11-19/h4-11H2,1-3H3,(H,17,20). The Kier molecular flexibility index (Phi) is 7.61. The van der Waals surface area contributed by atoms with E-state index in [9.17, 15) is 14.4 Å². The molecule has 8 heteroatoms. The molecular weight excluding hydrogens is 322 g/mol. The number of ether oxygens (including phenoxy) is 1. The van der Waals surface area contributed by atoms with Crippen LogP contribution in [0, 0.1) is 0 Å². The van der Waals surface area contributed by atoms with Gasteiger partial charge >= 0.3 is 6.09 Å². The number of carbonyl (C=O) groups is 3. The summed E-state index contributed by atoms with van der Waals surface area (Å²) in [7, 11) is 0. The molecule has 1 rings (SSSR count). The number of nitrogens with one attached hydrogen (secondary N) is 1. The van der Waals surface area contributed by atoms with Crippen LogP contribution in [0.4, 0.5) is 4.79 Å². The summed E-state index contributed by atoms with van der Waals surface area (Å²) in [6.07, 6.45) is 1.26. The van der Waals surface area contributed by atoms with Crippen LogP contribution in [0.2, 0.25) is 0 Å².